The van der Waals surface area contributed by atoms with E-state index in [2.05, 4.69) is 5.32 Å². The van der Waals surface area contributed by atoms with Gasteiger partial charge in [0, 0.05) is 6.04 Å². The lowest BCUT2D eigenvalue weighted by atomic mass is 9.88. The smallest absolute Gasteiger partial charge is 0.0108 e. The van der Waals surface area contributed by atoms with Gasteiger partial charge in [0.1, 0.15) is 0 Å². The molecule has 1 saturated heterocycles. The van der Waals surface area contributed by atoms with Crippen LogP contribution in [0.25, 0.3) is 0 Å². The van der Waals surface area contributed by atoms with E-state index in [0.717, 1.165) is 12.0 Å². The first-order valence-corrected chi connectivity index (χ1v) is 4.20. The van der Waals surface area contributed by atoms with Crippen molar-refractivity contribution < 1.29 is 0 Å². The minimum Gasteiger partial charge on any atom is -0.313 e. The van der Waals surface area contributed by atoms with Crippen molar-refractivity contribution in [2.45, 2.75) is 38.1 Å². The second kappa shape index (κ2) is 2.30. The molecule has 1 aliphatic carbocycles. The maximum atomic E-state index is 3.49. The van der Waals surface area contributed by atoms with Gasteiger partial charge in [-0.15, -0.1) is 0 Å². The van der Waals surface area contributed by atoms with Gasteiger partial charge in [0.15, 0.2) is 0 Å². The van der Waals surface area contributed by atoms with Crippen LogP contribution in [0.1, 0.15) is 32.1 Å². The molecule has 0 aromatic carbocycles. The number of rotatable bonds is 0. The van der Waals surface area contributed by atoms with Crippen molar-refractivity contribution in [1.82, 2.24) is 5.32 Å². The van der Waals surface area contributed by atoms with Crippen LogP contribution in [0.2, 0.25) is 0 Å². The summed E-state index contributed by atoms with van der Waals surface area (Å²) in [6, 6.07) is 0.924. The van der Waals surface area contributed by atoms with E-state index < -0.39 is 0 Å². The lowest BCUT2D eigenvalue weighted by Gasteiger charge is -2.36. The van der Waals surface area contributed by atoms with Gasteiger partial charge in [-0.2, -0.15) is 0 Å². The Hall–Kier alpha value is -0.0400. The predicted molar refractivity (Wildman–Crippen MR) is 38.4 cm³/mol. The highest BCUT2D eigenvalue weighted by Crippen LogP contribution is 2.28. The summed E-state index contributed by atoms with van der Waals surface area (Å²) in [4.78, 5) is 0. The Morgan fingerprint density at radius 3 is 2.67 bits per heavy atom. The zero-order valence-corrected chi connectivity index (χ0v) is 5.90. The number of nitrogens with one attached hydrogen (secondary N) is 1. The molecule has 1 heterocycles. The van der Waals surface area contributed by atoms with E-state index in [-0.39, 0.29) is 0 Å². The fraction of sp³-hybridized carbons (Fsp3) is 1.00. The van der Waals surface area contributed by atoms with Gasteiger partial charge in [0.25, 0.3) is 0 Å². The molecular weight excluding hydrogens is 110 g/mol. The van der Waals surface area contributed by atoms with Gasteiger partial charge >= 0.3 is 0 Å². The van der Waals surface area contributed by atoms with Gasteiger partial charge in [-0.25, -0.2) is 0 Å². The second-order valence-corrected chi connectivity index (χ2v) is 3.41. The minimum atomic E-state index is 0.924. The molecule has 2 atom stereocenters. The zero-order valence-electron chi connectivity index (χ0n) is 5.90. The molecule has 0 bridgehead atoms. The van der Waals surface area contributed by atoms with Crippen molar-refractivity contribution in [1.29, 1.82) is 0 Å². The molecule has 9 heavy (non-hydrogen) atoms. The lowest BCUT2D eigenvalue weighted by molar-refractivity contribution is 0.219. The van der Waals surface area contributed by atoms with Crippen LogP contribution in [0, 0.1) is 5.92 Å². The molecule has 0 spiro atoms. The molecule has 1 N–H and O–H groups in total. The van der Waals surface area contributed by atoms with Crippen LogP contribution >= 0.6 is 0 Å². The Labute approximate surface area is 56.8 Å². The summed E-state index contributed by atoms with van der Waals surface area (Å²) < 4.78 is 0. The van der Waals surface area contributed by atoms with Crippen LogP contribution in [0.15, 0.2) is 0 Å². The Morgan fingerprint density at radius 1 is 1.00 bits per heavy atom. The SMILES string of the molecule is C1CC[C@H]2CN[C@H]2CC1. The molecule has 1 nitrogen and oxygen atoms in total. The van der Waals surface area contributed by atoms with Crippen molar-refractivity contribution in [2.75, 3.05) is 6.54 Å². The first-order valence-electron chi connectivity index (χ1n) is 4.20. The standard InChI is InChI=1S/C8H15N/c1-2-4-7-6-9-8(7)5-3-1/h7-9H,1-6H2/t7-,8-/m0/s1. The Bertz CT molecular complexity index is 88.7. The van der Waals surface area contributed by atoms with Crippen LogP contribution in [-0.2, 0) is 0 Å². The van der Waals surface area contributed by atoms with E-state index >= 15 is 0 Å². The molecule has 1 heteroatoms. The molecule has 2 rings (SSSR count). The summed E-state index contributed by atoms with van der Waals surface area (Å²) in [5.74, 6) is 1.06. The molecule has 0 amide bonds. The molecule has 0 aromatic heterocycles. The average molecular weight is 125 g/mol. The highest BCUT2D eigenvalue weighted by atomic mass is 15.0. The summed E-state index contributed by atoms with van der Waals surface area (Å²) in [7, 11) is 0. The molecule has 0 unspecified atom stereocenters. The lowest BCUT2D eigenvalue weighted by Crippen LogP contribution is -2.51. The van der Waals surface area contributed by atoms with E-state index in [1.54, 1.807) is 0 Å². The molecule has 2 aliphatic rings. The summed E-state index contributed by atoms with van der Waals surface area (Å²) in [6.45, 7) is 1.31. The summed E-state index contributed by atoms with van der Waals surface area (Å²) >= 11 is 0. The normalized spacial score (nSPS) is 42.7. The molecule has 0 radical (unpaired) electrons. The van der Waals surface area contributed by atoms with Crippen molar-refractivity contribution in [3.63, 3.8) is 0 Å². The minimum absolute atomic E-state index is 0.924. The number of fused-ring (bicyclic) bond motifs is 1. The Balaban J connectivity index is 1.90. The number of hydrogen-bond acceptors (Lipinski definition) is 1. The number of hydrogen-bond donors (Lipinski definition) is 1. The first-order chi connectivity index (χ1) is 4.47. The van der Waals surface area contributed by atoms with Crippen molar-refractivity contribution in [2.24, 2.45) is 5.92 Å². The van der Waals surface area contributed by atoms with Gasteiger partial charge in [0.05, 0.1) is 0 Å². The Morgan fingerprint density at radius 2 is 1.89 bits per heavy atom. The van der Waals surface area contributed by atoms with Gasteiger partial charge in [-0.1, -0.05) is 19.3 Å². The van der Waals surface area contributed by atoms with E-state index in [4.69, 9.17) is 0 Å². The molecule has 1 saturated carbocycles. The van der Waals surface area contributed by atoms with Crippen molar-refractivity contribution in [3.8, 4) is 0 Å². The zero-order chi connectivity index (χ0) is 6.10. The molecule has 2 fully saturated rings. The van der Waals surface area contributed by atoms with Crippen LogP contribution in [0.5, 0.6) is 0 Å². The monoisotopic (exact) mass is 125 g/mol. The highest BCUT2D eigenvalue weighted by molar-refractivity contribution is 4.89. The van der Waals surface area contributed by atoms with Crippen molar-refractivity contribution in [3.05, 3.63) is 0 Å². The summed E-state index contributed by atoms with van der Waals surface area (Å²) in [6.07, 6.45) is 7.38. The van der Waals surface area contributed by atoms with Gasteiger partial charge in [-0.05, 0) is 25.3 Å². The van der Waals surface area contributed by atoms with Gasteiger partial charge in [0.2, 0.25) is 0 Å². The first kappa shape index (κ1) is 5.72. The molecule has 0 aromatic rings. The van der Waals surface area contributed by atoms with Crippen LogP contribution in [-0.4, -0.2) is 12.6 Å². The second-order valence-electron chi connectivity index (χ2n) is 3.41. The average Bonchev–Trinajstić information content (AvgIpc) is 1.94. The third-order valence-electron chi connectivity index (χ3n) is 2.80. The maximum absolute atomic E-state index is 3.49. The van der Waals surface area contributed by atoms with E-state index in [9.17, 15) is 0 Å². The summed E-state index contributed by atoms with van der Waals surface area (Å²) in [5.41, 5.74) is 0. The molecule has 52 valence electrons. The van der Waals surface area contributed by atoms with E-state index in [0.29, 0.717) is 0 Å². The van der Waals surface area contributed by atoms with Gasteiger partial charge in [-0.3, -0.25) is 0 Å². The van der Waals surface area contributed by atoms with Crippen molar-refractivity contribution >= 4 is 0 Å². The van der Waals surface area contributed by atoms with Crippen LogP contribution in [0.3, 0.4) is 0 Å². The third kappa shape index (κ3) is 0.983. The largest absolute Gasteiger partial charge is 0.313 e. The van der Waals surface area contributed by atoms with Crippen LogP contribution in [0.4, 0.5) is 0 Å². The van der Waals surface area contributed by atoms with E-state index in [1.165, 1.54) is 38.6 Å². The molecular formula is C8H15N. The summed E-state index contributed by atoms with van der Waals surface area (Å²) in [5, 5.41) is 3.49. The topological polar surface area (TPSA) is 12.0 Å². The fourth-order valence-corrected chi connectivity index (χ4v) is 2.04. The van der Waals surface area contributed by atoms with E-state index in [1.807, 2.05) is 0 Å². The van der Waals surface area contributed by atoms with Gasteiger partial charge < -0.3 is 5.32 Å². The Kier molecular flexibility index (Phi) is 1.46. The fourth-order valence-electron chi connectivity index (χ4n) is 2.04. The quantitative estimate of drug-likeness (QED) is 0.518. The third-order valence-corrected chi connectivity index (χ3v) is 2.80. The highest BCUT2D eigenvalue weighted by Gasteiger charge is 2.30. The molecule has 1 aliphatic heterocycles. The maximum Gasteiger partial charge on any atom is 0.0108 e. The predicted octanol–water partition coefficient (Wildman–Crippen LogP) is 1.54. The van der Waals surface area contributed by atoms with Crippen LogP contribution < -0.4 is 5.32 Å².